The number of hydrogen-bond donors (Lipinski definition) is 2. The van der Waals surface area contributed by atoms with Crippen molar-refractivity contribution in [2.45, 2.75) is 11.8 Å². The molecule has 1 rings (SSSR count). The van der Waals surface area contributed by atoms with E-state index in [0.29, 0.717) is 10.5 Å². The van der Waals surface area contributed by atoms with E-state index in [9.17, 15) is 9.59 Å². The van der Waals surface area contributed by atoms with Crippen LogP contribution in [0.2, 0.25) is 0 Å². The van der Waals surface area contributed by atoms with Crippen LogP contribution < -0.4 is 5.73 Å². The Morgan fingerprint density at radius 3 is 2.20 bits per heavy atom. The summed E-state index contributed by atoms with van der Waals surface area (Å²) in [5.41, 5.74) is 5.82. The van der Waals surface area contributed by atoms with Gasteiger partial charge in [-0.25, -0.2) is 0 Å². The van der Waals surface area contributed by atoms with Gasteiger partial charge in [0.15, 0.2) is 5.78 Å². The molecule has 2 radical (unpaired) electrons. The number of carbonyl (C=O) groups excluding carboxylic acids is 2. The van der Waals surface area contributed by atoms with Gasteiger partial charge >= 0.3 is 0 Å². The van der Waals surface area contributed by atoms with Crippen LogP contribution in [0.4, 0.5) is 0 Å². The fraction of sp³-hybridized carbons (Fsp3) is 0.111. The summed E-state index contributed by atoms with van der Waals surface area (Å²) in [5, 5.41) is 0. The largest absolute Gasteiger partial charge is 0.366 e. The SMILES string of the molecule is CC(=O)c1ccc(S)c(C(N)=O)c1.[Na].[Na]. The predicted molar refractivity (Wildman–Crippen MR) is 63.7 cm³/mol. The van der Waals surface area contributed by atoms with Crippen LogP contribution in [0.3, 0.4) is 0 Å². The van der Waals surface area contributed by atoms with Crippen LogP contribution in [0.1, 0.15) is 27.6 Å². The number of amides is 1. The fourth-order valence-corrected chi connectivity index (χ4v) is 1.20. The Kier molecular flexibility index (Phi) is 9.52. The van der Waals surface area contributed by atoms with Gasteiger partial charge in [0.1, 0.15) is 0 Å². The molecule has 1 aromatic rings. The van der Waals surface area contributed by atoms with Crippen LogP contribution in [-0.4, -0.2) is 70.8 Å². The number of nitrogens with two attached hydrogens (primary N) is 1. The Bertz CT molecular complexity index is 382. The average Bonchev–Trinajstić information content (AvgIpc) is 2.04. The molecule has 0 bridgehead atoms. The third-order valence-corrected chi connectivity index (χ3v) is 2.06. The number of primary amides is 1. The second kappa shape index (κ2) is 7.90. The summed E-state index contributed by atoms with van der Waals surface area (Å²) in [6.45, 7) is 1.43. The first-order chi connectivity index (χ1) is 6.02. The number of hydrogen-bond acceptors (Lipinski definition) is 3. The molecule has 0 fully saturated rings. The molecule has 0 saturated heterocycles. The van der Waals surface area contributed by atoms with Gasteiger partial charge in [-0.3, -0.25) is 9.59 Å². The Morgan fingerprint density at radius 2 is 1.80 bits per heavy atom. The summed E-state index contributed by atoms with van der Waals surface area (Å²) >= 11 is 4.04. The van der Waals surface area contributed by atoms with E-state index in [2.05, 4.69) is 12.6 Å². The summed E-state index contributed by atoms with van der Waals surface area (Å²) in [4.78, 5) is 22.3. The van der Waals surface area contributed by atoms with E-state index in [-0.39, 0.29) is 70.5 Å². The van der Waals surface area contributed by atoms with Crippen molar-refractivity contribution in [1.29, 1.82) is 0 Å². The molecule has 0 aliphatic carbocycles. The van der Waals surface area contributed by atoms with Gasteiger partial charge < -0.3 is 5.73 Å². The molecule has 0 aromatic heterocycles. The van der Waals surface area contributed by atoms with E-state index >= 15 is 0 Å². The molecule has 2 N–H and O–H groups in total. The molecule has 0 atom stereocenters. The monoisotopic (exact) mass is 241 g/mol. The van der Waals surface area contributed by atoms with Gasteiger partial charge in [0.05, 0.1) is 5.56 Å². The maximum Gasteiger partial charge on any atom is 0.249 e. The zero-order chi connectivity index (χ0) is 10.0. The van der Waals surface area contributed by atoms with Crippen molar-refractivity contribution in [3.8, 4) is 0 Å². The van der Waals surface area contributed by atoms with Crippen LogP contribution in [-0.2, 0) is 0 Å². The molecular weight excluding hydrogens is 232 g/mol. The van der Waals surface area contributed by atoms with Gasteiger partial charge in [-0.2, -0.15) is 0 Å². The number of ketones is 1. The van der Waals surface area contributed by atoms with Crippen molar-refractivity contribution in [1.82, 2.24) is 0 Å². The minimum atomic E-state index is -0.576. The molecule has 1 aromatic carbocycles. The molecule has 0 aliphatic rings. The summed E-state index contributed by atoms with van der Waals surface area (Å²) in [6, 6.07) is 4.64. The van der Waals surface area contributed by atoms with Crippen LogP contribution in [0.15, 0.2) is 23.1 Å². The molecule has 70 valence electrons. The second-order valence-electron chi connectivity index (χ2n) is 2.65. The first-order valence-electron chi connectivity index (χ1n) is 3.66. The van der Waals surface area contributed by atoms with Crippen molar-refractivity contribution in [2.24, 2.45) is 5.73 Å². The topological polar surface area (TPSA) is 60.2 Å². The molecule has 0 aliphatic heterocycles. The number of benzene rings is 1. The molecule has 6 heteroatoms. The first-order valence-corrected chi connectivity index (χ1v) is 4.11. The predicted octanol–water partition coefficient (Wildman–Crippen LogP) is 0.515. The standard InChI is InChI=1S/C9H9NO2S.2Na/c1-5(11)6-2-3-8(13)7(4-6)9(10)12;;/h2-4,13H,1H3,(H2,10,12);;. The maximum atomic E-state index is 11.0. The Labute approximate surface area is 138 Å². The zero-order valence-corrected chi connectivity index (χ0v) is 14.0. The summed E-state index contributed by atoms with van der Waals surface area (Å²) in [6.07, 6.45) is 0. The first kappa shape index (κ1) is 18.1. The third-order valence-electron chi connectivity index (χ3n) is 1.67. The minimum Gasteiger partial charge on any atom is -0.366 e. The summed E-state index contributed by atoms with van der Waals surface area (Å²) < 4.78 is 0. The van der Waals surface area contributed by atoms with Crippen LogP contribution in [0.5, 0.6) is 0 Å². The third kappa shape index (κ3) is 5.04. The Morgan fingerprint density at radius 1 is 1.27 bits per heavy atom. The van der Waals surface area contributed by atoms with Crippen molar-refractivity contribution in [3.63, 3.8) is 0 Å². The summed E-state index contributed by atoms with van der Waals surface area (Å²) in [5.74, 6) is -0.677. The average molecular weight is 241 g/mol. The van der Waals surface area contributed by atoms with E-state index < -0.39 is 5.91 Å². The molecule has 0 saturated carbocycles. The smallest absolute Gasteiger partial charge is 0.249 e. The number of carbonyl (C=O) groups is 2. The molecular formula is C9H9NNa2O2S. The molecule has 15 heavy (non-hydrogen) atoms. The molecule has 3 nitrogen and oxygen atoms in total. The van der Waals surface area contributed by atoms with E-state index in [1.807, 2.05) is 0 Å². The van der Waals surface area contributed by atoms with Crippen molar-refractivity contribution < 1.29 is 9.59 Å². The van der Waals surface area contributed by atoms with Gasteiger partial charge in [0.25, 0.3) is 0 Å². The second-order valence-corrected chi connectivity index (χ2v) is 3.13. The van der Waals surface area contributed by atoms with Gasteiger partial charge in [0.2, 0.25) is 5.91 Å². The number of thiol groups is 1. The molecule has 0 spiro atoms. The van der Waals surface area contributed by atoms with Crippen molar-refractivity contribution in [2.75, 3.05) is 0 Å². The van der Waals surface area contributed by atoms with Gasteiger partial charge in [-0.1, -0.05) is 6.07 Å². The van der Waals surface area contributed by atoms with Crippen LogP contribution in [0.25, 0.3) is 0 Å². The van der Waals surface area contributed by atoms with Gasteiger partial charge in [-0.15, -0.1) is 12.6 Å². The van der Waals surface area contributed by atoms with Crippen molar-refractivity contribution >= 4 is 83.4 Å². The summed E-state index contributed by atoms with van der Waals surface area (Å²) in [7, 11) is 0. The van der Waals surface area contributed by atoms with Gasteiger partial charge in [-0.05, 0) is 19.1 Å². The van der Waals surface area contributed by atoms with E-state index in [4.69, 9.17) is 5.73 Å². The minimum absolute atomic E-state index is 0. The molecule has 0 unspecified atom stereocenters. The molecule has 1 amide bonds. The normalized spacial score (nSPS) is 8.40. The van der Waals surface area contributed by atoms with Crippen LogP contribution in [0, 0.1) is 0 Å². The Hall–Kier alpha value is 0.710. The number of Topliss-reactive ketones (excluding diaryl/α,β-unsaturated/α-hetero) is 1. The van der Waals surface area contributed by atoms with E-state index in [1.165, 1.54) is 13.0 Å². The van der Waals surface area contributed by atoms with E-state index in [0.717, 1.165) is 0 Å². The maximum absolute atomic E-state index is 11.0. The van der Waals surface area contributed by atoms with E-state index in [1.54, 1.807) is 12.1 Å². The Balaban J connectivity index is 0. The quantitative estimate of drug-likeness (QED) is 0.450. The van der Waals surface area contributed by atoms with Crippen molar-refractivity contribution in [3.05, 3.63) is 29.3 Å². The zero-order valence-electron chi connectivity index (χ0n) is 9.07. The fourth-order valence-electron chi connectivity index (χ4n) is 0.952. The van der Waals surface area contributed by atoms with Gasteiger partial charge in [0, 0.05) is 69.6 Å². The molecule has 0 heterocycles. The number of rotatable bonds is 2. The van der Waals surface area contributed by atoms with Crippen LogP contribution >= 0.6 is 12.6 Å².